The maximum Gasteiger partial charge on any atom is 0.416 e. The van der Waals surface area contributed by atoms with Gasteiger partial charge in [0.15, 0.2) is 0 Å². The Morgan fingerprint density at radius 2 is 1.96 bits per heavy atom. The number of cyclic esters (lactones) is 1. The van der Waals surface area contributed by atoms with Crippen LogP contribution in [-0.2, 0) is 16.0 Å². The molecule has 0 aliphatic carbocycles. The van der Waals surface area contributed by atoms with Gasteiger partial charge in [-0.05, 0) is 31.0 Å². The van der Waals surface area contributed by atoms with E-state index in [4.69, 9.17) is 4.74 Å². The smallest absolute Gasteiger partial charge is 0.416 e. The van der Waals surface area contributed by atoms with Crippen LogP contribution in [0.4, 0.5) is 18.0 Å². The Hall–Kier alpha value is -2.35. The van der Waals surface area contributed by atoms with E-state index in [9.17, 15) is 22.8 Å². The van der Waals surface area contributed by atoms with Gasteiger partial charge >= 0.3 is 12.3 Å². The molecular formula is C19H18F3NO3S. The molecule has 1 aliphatic rings. The average Bonchev–Trinajstić information content (AvgIpc) is 3.18. The fraction of sp³-hybridized carbons (Fsp3) is 0.368. The van der Waals surface area contributed by atoms with Crippen LogP contribution in [0.25, 0.3) is 0 Å². The summed E-state index contributed by atoms with van der Waals surface area (Å²) in [5.41, 5.74) is 0.875. The molecule has 4 nitrogen and oxygen atoms in total. The molecule has 2 amide bonds. The number of aryl methyl sites for hydroxylation is 1. The van der Waals surface area contributed by atoms with Crippen LogP contribution in [0.15, 0.2) is 42.5 Å². The predicted molar refractivity (Wildman–Crippen MR) is 94.6 cm³/mol. The minimum Gasteiger partial charge on any atom is -0.447 e. The Kier molecular flexibility index (Phi) is 5.55. The molecule has 2 heterocycles. The molecule has 27 heavy (non-hydrogen) atoms. The molecule has 1 aliphatic heterocycles. The third-order valence-electron chi connectivity index (χ3n) is 4.42. The van der Waals surface area contributed by atoms with Crippen LogP contribution >= 0.6 is 11.3 Å². The quantitative estimate of drug-likeness (QED) is 0.736. The van der Waals surface area contributed by atoms with Crippen molar-refractivity contribution < 1.29 is 27.5 Å². The number of halogens is 3. The lowest BCUT2D eigenvalue weighted by Crippen LogP contribution is -2.41. The highest BCUT2D eigenvalue weighted by Crippen LogP contribution is 2.41. The van der Waals surface area contributed by atoms with Crippen molar-refractivity contribution in [3.05, 3.63) is 57.8 Å². The SMILES string of the molecule is Cc1ccc(C(CC(=O)N2C(=O)OC[C@H]2Cc2ccccc2)C(F)(F)F)s1. The molecule has 1 saturated heterocycles. The molecule has 2 atom stereocenters. The fourth-order valence-corrected chi connectivity index (χ4v) is 4.10. The molecule has 8 heteroatoms. The summed E-state index contributed by atoms with van der Waals surface area (Å²) < 4.78 is 45.5. The summed E-state index contributed by atoms with van der Waals surface area (Å²) in [6, 6.07) is 11.5. The van der Waals surface area contributed by atoms with Gasteiger partial charge in [0, 0.05) is 16.2 Å². The summed E-state index contributed by atoms with van der Waals surface area (Å²) >= 11 is 1.00. The fourth-order valence-electron chi connectivity index (χ4n) is 3.09. The number of ether oxygens (including phenoxy) is 1. The number of benzene rings is 1. The summed E-state index contributed by atoms with van der Waals surface area (Å²) in [5, 5.41) is 0. The summed E-state index contributed by atoms with van der Waals surface area (Å²) in [4.78, 5) is 26.3. The van der Waals surface area contributed by atoms with Crippen molar-refractivity contribution in [1.82, 2.24) is 4.90 Å². The zero-order valence-corrected chi connectivity index (χ0v) is 15.3. The molecule has 144 valence electrons. The monoisotopic (exact) mass is 397 g/mol. The minimum atomic E-state index is -4.58. The Labute approximate surface area is 158 Å². The number of amides is 2. The molecule has 1 fully saturated rings. The van der Waals surface area contributed by atoms with Crippen molar-refractivity contribution in [3.8, 4) is 0 Å². The summed E-state index contributed by atoms with van der Waals surface area (Å²) in [6.45, 7) is 1.69. The van der Waals surface area contributed by atoms with Crippen LogP contribution in [-0.4, -0.2) is 35.7 Å². The Bertz CT molecular complexity index is 819. The molecule has 2 aromatic rings. The van der Waals surface area contributed by atoms with Gasteiger partial charge in [0.25, 0.3) is 0 Å². The first-order valence-electron chi connectivity index (χ1n) is 8.41. The number of carbonyl (C=O) groups is 2. The molecular weight excluding hydrogens is 379 g/mol. The van der Waals surface area contributed by atoms with Crippen LogP contribution in [0.1, 0.15) is 27.7 Å². The zero-order chi connectivity index (χ0) is 19.6. The average molecular weight is 397 g/mol. The van der Waals surface area contributed by atoms with Crippen LogP contribution < -0.4 is 0 Å². The van der Waals surface area contributed by atoms with Gasteiger partial charge in [-0.15, -0.1) is 11.3 Å². The van der Waals surface area contributed by atoms with Crippen molar-refractivity contribution >= 4 is 23.3 Å². The predicted octanol–water partition coefficient (Wildman–Crippen LogP) is 4.68. The van der Waals surface area contributed by atoms with Gasteiger partial charge in [-0.25, -0.2) is 9.69 Å². The van der Waals surface area contributed by atoms with E-state index in [-0.39, 0.29) is 11.5 Å². The van der Waals surface area contributed by atoms with Crippen molar-refractivity contribution in [3.63, 3.8) is 0 Å². The number of hydrogen-bond donors (Lipinski definition) is 0. The van der Waals surface area contributed by atoms with E-state index in [0.29, 0.717) is 6.42 Å². The molecule has 1 aromatic carbocycles. The van der Waals surface area contributed by atoms with E-state index in [0.717, 1.165) is 26.7 Å². The first-order chi connectivity index (χ1) is 12.8. The van der Waals surface area contributed by atoms with E-state index in [1.807, 2.05) is 30.3 Å². The van der Waals surface area contributed by atoms with E-state index in [1.54, 1.807) is 13.0 Å². The number of rotatable bonds is 5. The largest absolute Gasteiger partial charge is 0.447 e. The molecule has 0 saturated carbocycles. The number of thiophene rings is 1. The third-order valence-corrected chi connectivity index (χ3v) is 5.54. The van der Waals surface area contributed by atoms with Crippen LogP contribution in [0.2, 0.25) is 0 Å². The first kappa shape index (κ1) is 19.4. The maximum atomic E-state index is 13.5. The van der Waals surface area contributed by atoms with Gasteiger partial charge in [0.1, 0.15) is 6.61 Å². The summed E-state index contributed by atoms with van der Waals surface area (Å²) in [5.74, 6) is -2.80. The Balaban J connectivity index is 1.78. The molecule has 1 unspecified atom stereocenters. The van der Waals surface area contributed by atoms with Gasteiger partial charge in [-0.1, -0.05) is 30.3 Å². The van der Waals surface area contributed by atoms with Crippen molar-refractivity contribution in [2.75, 3.05) is 6.61 Å². The normalized spacial score (nSPS) is 18.4. The minimum absolute atomic E-state index is 0.0196. The molecule has 1 aromatic heterocycles. The highest BCUT2D eigenvalue weighted by atomic mass is 32.1. The second-order valence-corrected chi connectivity index (χ2v) is 7.75. The van der Waals surface area contributed by atoms with E-state index >= 15 is 0 Å². The first-order valence-corrected chi connectivity index (χ1v) is 9.23. The second kappa shape index (κ2) is 7.72. The van der Waals surface area contributed by atoms with Crippen molar-refractivity contribution in [1.29, 1.82) is 0 Å². The number of alkyl halides is 3. The lowest BCUT2D eigenvalue weighted by molar-refractivity contribution is -0.159. The lowest BCUT2D eigenvalue weighted by atomic mass is 10.0. The number of carbonyl (C=O) groups excluding carboxylic acids is 2. The molecule has 0 N–H and O–H groups in total. The van der Waals surface area contributed by atoms with Gasteiger partial charge in [-0.2, -0.15) is 13.2 Å². The Morgan fingerprint density at radius 1 is 1.26 bits per heavy atom. The summed E-state index contributed by atoms with van der Waals surface area (Å²) in [7, 11) is 0. The molecule has 0 radical (unpaired) electrons. The topological polar surface area (TPSA) is 46.6 Å². The van der Waals surface area contributed by atoms with Crippen molar-refractivity contribution in [2.24, 2.45) is 0 Å². The van der Waals surface area contributed by atoms with Crippen LogP contribution in [0, 0.1) is 6.92 Å². The van der Waals surface area contributed by atoms with Crippen molar-refractivity contribution in [2.45, 2.75) is 37.9 Å². The van der Waals surface area contributed by atoms with E-state index < -0.39 is 36.6 Å². The summed E-state index contributed by atoms with van der Waals surface area (Å²) in [6.07, 6.45) is -5.94. The van der Waals surface area contributed by atoms with Crippen LogP contribution in [0.3, 0.4) is 0 Å². The second-order valence-electron chi connectivity index (χ2n) is 6.43. The highest BCUT2D eigenvalue weighted by Gasteiger charge is 2.46. The zero-order valence-electron chi connectivity index (χ0n) is 14.5. The number of nitrogens with zero attached hydrogens (tertiary/aromatic N) is 1. The highest BCUT2D eigenvalue weighted by molar-refractivity contribution is 7.12. The van der Waals surface area contributed by atoms with E-state index in [1.165, 1.54) is 6.07 Å². The molecule has 0 bridgehead atoms. The third kappa shape index (κ3) is 4.50. The standard InChI is InChI=1S/C19H18F3NO3S/c1-12-7-8-16(27-12)15(19(20,21)22)10-17(24)23-14(11-26-18(23)25)9-13-5-3-2-4-6-13/h2-8,14-15H,9-11H2,1H3/t14-,15?/m1/s1. The lowest BCUT2D eigenvalue weighted by Gasteiger charge is -2.24. The molecule has 0 spiro atoms. The van der Waals surface area contributed by atoms with Gasteiger partial charge in [0.2, 0.25) is 5.91 Å². The van der Waals surface area contributed by atoms with Gasteiger partial charge < -0.3 is 4.74 Å². The number of hydrogen-bond acceptors (Lipinski definition) is 4. The van der Waals surface area contributed by atoms with E-state index in [2.05, 4.69) is 0 Å². The van der Waals surface area contributed by atoms with Gasteiger partial charge in [-0.3, -0.25) is 4.79 Å². The number of imide groups is 1. The van der Waals surface area contributed by atoms with Crippen LogP contribution in [0.5, 0.6) is 0 Å². The molecule has 3 rings (SSSR count). The van der Waals surface area contributed by atoms with Gasteiger partial charge in [0.05, 0.1) is 12.0 Å². The Morgan fingerprint density at radius 3 is 2.56 bits per heavy atom. The maximum absolute atomic E-state index is 13.5.